The molecule has 4 amide bonds. The van der Waals surface area contributed by atoms with Crippen LogP contribution in [-0.2, 0) is 19.2 Å². The van der Waals surface area contributed by atoms with E-state index in [2.05, 4.69) is 66.1 Å². The van der Waals surface area contributed by atoms with E-state index in [4.69, 9.17) is 9.97 Å². The van der Waals surface area contributed by atoms with Crippen molar-refractivity contribution < 1.29 is 24.3 Å². The number of thiazole rings is 1. The molecule has 6 aromatic rings. The molecule has 0 aliphatic carbocycles. The lowest BCUT2D eigenvalue weighted by molar-refractivity contribution is -0.139. The average molecular weight is 869 g/mol. The average Bonchev–Trinajstić information content (AvgIpc) is 4.13. The van der Waals surface area contributed by atoms with Crippen molar-refractivity contribution in [2.24, 2.45) is 11.8 Å². The highest BCUT2D eigenvalue weighted by atomic mass is 32.1. The second-order valence-electron chi connectivity index (χ2n) is 16.9. The largest absolute Gasteiger partial charge is 0.387 e. The number of aromatic nitrogens is 6. The van der Waals surface area contributed by atoms with Crippen LogP contribution in [0.4, 0.5) is 0 Å². The zero-order chi connectivity index (χ0) is 44.4. The highest BCUT2D eigenvalue weighted by molar-refractivity contribution is 7.15. The van der Waals surface area contributed by atoms with Gasteiger partial charge in [0.15, 0.2) is 4.96 Å². The Labute approximate surface area is 369 Å². The van der Waals surface area contributed by atoms with Gasteiger partial charge in [-0.1, -0.05) is 70.0 Å². The molecular formula is C47H52N10O5S. The minimum atomic E-state index is -0.735. The van der Waals surface area contributed by atoms with Crippen molar-refractivity contribution in [3.05, 3.63) is 95.4 Å². The molecule has 5 N–H and O–H groups in total. The summed E-state index contributed by atoms with van der Waals surface area (Å²) in [7, 11) is 0. The standard InChI is InChI=1S/C47H52N10O5S/c1-27(2)39(50-29(5)59)45(61)55-20-6-8-36(55)43-48-24-34(51-43)19-12-30-10-13-33(14-11-30)42-41(54-47-57(42)22-23-63-47)32-17-15-31(16-18-32)35-25-49-44(52-35)37-9-7-21-56(37)46(62)40(28(3)4)53-38(60)26-58/h10-11,13-18,22-25,27-28,36-37,39-40,58H,6-9,20-21,26H2,1-5H3,(H,48,51)(H,49,52)(H,50,59)(H,53,60)/t36?,37-,39-,40-/m0/s1. The number of likely N-dealkylation sites (tertiary alicyclic amines) is 2. The molecule has 326 valence electrons. The van der Waals surface area contributed by atoms with Crippen LogP contribution >= 0.6 is 11.3 Å². The topological polar surface area (TPSA) is 194 Å². The van der Waals surface area contributed by atoms with Gasteiger partial charge in [-0.2, -0.15) is 0 Å². The first kappa shape index (κ1) is 43.1. The Kier molecular flexibility index (Phi) is 12.6. The number of carbonyl (C=O) groups is 4. The molecule has 4 atom stereocenters. The monoisotopic (exact) mass is 868 g/mol. The highest BCUT2D eigenvalue weighted by Crippen LogP contribution is 2.37. The van der Waals surface area contributed by atoms with E-state index in [1.54, 1.807) is 28.6 Å². The van der Waals surface area contributed by atoms with E-state index < -0.39 is 24.6 Å². The predicted molar refractivity (Wildman–Crippen MR) is 240 cm³/mol. The molecule has 2 fully saturated rings. The molecule has 0 spiro atoms. The molecule has 16 heteroatoms. The van der Waals surface area contributed by atoms with E-state index >= 15 is 0 Å². The van der Waals surface area contributed by atoms with Crippen LogP contribution in [0.25, 0.3) is 38.7 Å². The molecule has 6 heterocycles. The molecule has 63 heavy (non-hydrogen) atoms. The molecule has 0 radical (unpaired) electrons. The van der Waals surface area contributed by atoms with Gasteiger partial charge >= 0.3 is 0 Å². The highest BCUT2D eigenvalue weighted by Gasteiger charge is 2.38. The summed E-state index contributed by atoms with van der Waals surface area (Å²) in [4.78, 5) is 76.5. The van der Waals surface area contributed by atoms with E-state index in [9.17, 15) is 24.3 Å². The molecule has 15 nitrogen and oxygen atoms in total. The normalized spacial score (nSPS) is 17.3. The third-order valence-corrected chi connectivity index (χ3v) is 12.6. The van der Waals surface area contributed by atoms with Gasteiger partial charge in [-0.3, -0.25) is 23.6 Å². The van der Waals surface area contributed by atoms with Crippen LogP contribution in [0, 0.1) is 23.7 Å². The first-order chi connectivity index (χ1) is 30.4. The van der Waals surface area contributed by atoms with Crippen molar-refractivity contribution in [2.45, 2.75) is 84.5 Å². The molecule has 0 saturated carbocycles. The van der Waals surface area contributed by atoms with Crippen LogP contribution in [0.15, 0.2) is 72.5 Å². The summed E-state index contributed by atoms with van der Waals surface area (Å²) in [5.74, 6) is 6.57. The van der Waals surface area contributed by atoms with Crippen molar-refractivity contribution >= 4 is 39.9 Å². The fourth-order valence-corrected chi connectivity index (χ4v) is 9.31. The number of hydrogen-bond donors (Lipinski definition) is 5. The Bertz CT molecular complexity index is 2680. The second kappa shape index (κ2) is 18.4. The molecule has 2 saturated heterocycles. The Morgan fingerprint density at radius 2 is 1.38 bits per heavy atom. The van der Waals surface area contributed by atoms with Crippen LogP contribution < -0.4 is 10.6 Å². The zero-order valence-electron chi connectivity index (χ0n) is 36.0. The molecule has 0 bridgehead atoms. The maximum Gasteiger partial charge on any atom is 0.246 e. The van der Waals surface area contributed by atoms with E-state index in [0.717, 1.165) is 70.0 Å². The number of aromatic amines is 2. The Morgan fingerprint density at radius 3 is 2.00 bits per heavy atom. The summed E-state index contributed by atoms with van der Waals surface area (Å²) in [5.41, 5.74) is 7.02. The first-order valence-electron chi connectivity index (χ1n) is 21.5. The van der Waals surface area contributed by atoms with Crippen molar-refractivity contribution in [1.29, 1.82) is 0 Å². The van der Waals surface area contributed by atoms with Crippen molar-refractivity contribution in [3.8, 4) is 45.6 Å². The molecule has 8 rings (SSSR count). The molecule has 1 unspecified atom stereocenters. The third kappa shape index (κ3) is 9.02. The van der Waals surface area contributed by atoms with Gasteiger partial charge in [-0.15, -0.1) is 11.3 Å². The number of nitrogens with one attached hydrogen (secondary N) is 4. The van der Waals surface area contributed by atoms with Crippen LogP contribution in [0.2, 0.25) is 0 Å². The second-order valence-corrected chi connectivity index (χ2v) is 17.8. The third-order valence-electron chi connectivity index (χ3n) is 11.8. The molecule has 2 aliphatic heterocycles. The zero-order valence-corrected chi connectivity index (χ0v) is 36.8. The van der Waals surface area contributed by atoms with Crippen molar-refractivity contribution in [2.75, 3.05) is 19.7 Å². The van der Waals surface area contributed by atoms with E-state index in [1.165, 1.54) is 6.92 Å². The fraction of sp³-hybridized carbons (Fsp3) is 0.383. The number of amides is 4. The van der Waals surface area contributed by atoms with Gasteiger partial charge in [-0.05, 0) is 61.1 Å². The number of rotatable bonds is 12. The lowest BCUT2D eigenvalue weighted by atomic mass is 10.0. The lowest BCUT2D eigenvalue weighted by Crippen LogP contribution is -2.51. The molecule has 2 aromatic carbocycles. The van der Waals surface area contributed by atoms with E-state index in [-0.39, 0.29) is 41.6 Å². The number of H-pyrrole nitrogens is 2. The number of imidazole rings is 3. The SMILES string of the molecule is CC(=O)N[C@H](C(=O)N1CCCC1c1ncc(C#Cc2ccc(-c3c(-c4ccc(-c5cnc([C@@H]6CCCN6C(=O)[C@@H](NC(=O)CO)C(C)C)[nH]5)cc4)nc4sccn34)cc2)[nH]1)C(C)C. The van der Waals surface area contributed by atoms with Crippen molar-refractivity contribution in [1.82, 2.24) is 49.8 Å². The minimum absolute atomic E-state index is 0.0442. The van der Waals surface area contributed by atoms with Crippen LogP contribution in [0.5, 0.6) is 0 Å². The fourth-order valence-electron chi connectivity index (χ4n) is 8.60. The van der Waals surface area contributed by atoms with Gasteiger partial charge in [0.1, 0.15) is 36.0 Å². The smallest absolute Gasteiger partial charge is 0.246 e. The van der Waals surface area contributed by atoms with Crippen molar-refractivity contribution in [3.63, 3.8) is 0 Å². The number of hydrogen-bond acceptors (Lipinski definition) is 9. The number of aliphatic hydroxyl groups excluding tert-OH is 1. The molecule has 4 aromatic heterocycles. The summed E-state index contributed by atoms with van der Waals surface area (Å²) < 4.78 is 2.10. The van der Waals surface area contributed by atoms with Gasteiger partial charge in [0, 0.05) is 48.3 Å². The maximum absolute atomic E-state index is 13.6. The van der Waals surface area contributed by atoms with Crippen LogP contribution in [-0.4, -0.2) is 99.6 Å². The molecule has 2 aliphatic rings. The maximum atomic E-state index is 13.6. The number of fused-ring (bicyclic) bond motifs is 1. The lowest BCUT2D eigenvalue weighted by Gasteiger charge is -2.30. The summed E-state index contributed by atoms with van der Waals surface area (Å²) in [6.45, 7) is 9.55. The summed E-state index contributed by atoms with van der Waals surface area (Å²) in [6.07, 6.45) is 8.72. The predicted octanol–water partition coefficient (Wildman–Crippen LogP) is 5.86. The van der Waals surface area contributed by atoms with Gasteiger partial charge in [0.05, 0.1) is 41.6 Å². The molecular weight excluding hydrogens is 817 g/mol. The van der Waals surface area contributed by atoms with Gasteiger partial charge < -0.3 is 35.5 Å². The van der Waals surface area contributed by atoms with Crippen LogP contribution in [0.3, 0.4) is 0 Å². The summed E-state index contributed by atoms with van der Waals surface area (Å²) >= 11 is 1.57. The quantitative estimate of drug-likeness (QED) is 0.0944. The van der Waals surface area contributed by atoms with Gasteiger partial charge in [-0.25, -0.2) is 15.0 Å². The van der Waals surface area contributed by atoms with Crippen LogP contribution in [0.1, 0.15) is 95.3 Å². The number of carbonyl (C=O) groups excluding carboxylic acids is 4. The van der Waals surface area contributed by atoms with Gasteiger partial charge in [0.2, 0.25) is 23.6 Å². The number of benzene rings is 2. The number of nitrogens with zero attached hydrogens (tertiary/aromatic N) is 6. The Hall–Kier alpha value is -6.57. The number of aliphatic hydroxyl groups is 1. The summed E-state index contributed by atoms with van der Waals surface area (Å²) in [5, 5.41) is 16.8. The Morgan fingerprint density at radius 1 is 0.794 bits per heavy atom. The van der Waals surface area contributed by atoms with E-state index in [1.807, 2.05) is 68.4 Å². The first-order valence-corrected chi connectivity index (χ1v) is 22.3. The van der Waals surface area contributed by atoms with Gasteiger partial charge in [0.25, 0.3) is 0 Å². The minimum Gasteiger partial charge on any atom is -0.387 e. The Balaban J connectivity index is 0.967. The summed E-state index contributed by atoms with van der Waals surface area (Å²) in [6, 6.07) is 14.5. The van der Waals surface area contributed by atoms with E-state index in [0.29, 0.717) is 30.4 Å².